The van der Waals surface area contributed by atoms with E-state index in [4.69, 9.17) is 43.5 Å². The summed E-state index contributed by atoms with van der Waals surface area (Å²) in [7, 11) is -2.75. The number of nitrogens with zero attached hydrogens (tertiary/aromatic N) is 8. The van der Waals surface area contributed by atoms with Gasteiger partial charge in [0, 0.05) is 0 Å². The van der Waals surface area contributed by atoms with Gasteiger partial charge in [0.05, 0.1) is 19.3 Å². The number of halogens is 1. The summed E-state index contributed by atoms with van der Waals surface area (Å²) in [6.45, 7) is 0.937. The number of fused-ring (bicyclic) bond motifs is 5. The van der Waals surface area contributed by atoms with Gasteiger partial charge in [0.1, 0.15) is 48.1 Å². The molecule has 3 unspecified atom stereocenters. The molecule has 4 N–H and O–H groups in total. The zero-order valence-corrected chi connectivity index (χ0v) is 32.8. The molecule has 2 bridgehead atoms. The van der Waals surface area contributed by atoms with Crippen molar-refractivity contribution in [1.29, 1.82) is 0 Å². The maximum atomic E-state index is 17.5. The van der Waals surface area contributed by atoms with Crippen molar-refractivity contribution in [2.24, 2.45) is 0 Å². The van der Waals surface area contributed by atoms with Gasteiger partial charge >= 0.3 is 13.6 Å². The van der Waals surface area contributed by atoms with Crippen molar-refractivity contribution in [3.63, 3.8) is 0 Å². The van der Waals surface area contributed by atoms with Gasteiger partial charge in [-0.2, -0.15) is 0 Å². The first kappa shape index (κ1) is 37.1. The highest BCUT2D eigenvalue weighted by Crippen LogP contribution is 2.64. The molecule has 4 aromatic rings. The number of aromatic nitrogens is 8. The van der Waals surface area contributed by atoms with Crippen LogP contribution in [0.25, 0.3) is 22.3 Å². The molecule has 0 aliphatic carbocycles. The number of imidazole rings is 2. The highest BCUT2D eigenvalue weighted by atomic mass is 32.7. The largest absolute Gasteiger partial charge is 0.406 e. The number of nitrogen functional groups attached to an aromatic ring is 2. The lowest BCUT2D eigenvalue weighted by Gasteiger charge is -2.41. The summed E-state index contributed by atoms with van der Waals surface area (Å²) >= 11 is 8.61. The van der Waals surface area contributed by atoms with Gasteiger partial charge in [-0.3, -0.25) is 27.2 Å². The number of hydrogen-bond acceptors (Lipinski definition) is 17. The molecule has 3 saturated heterocycles. The minimum Gasteiger partial charge on any atom is -0.406 e. The third-order valence-electron chi connectivity index (χ3n) is 9.61. The van der Waals surface area contributed by atoms with Gasteiger partial charge in [0.2, 0.25) is 5.79 Å². The molecule has 19 nitrogen and oxygen atoms in total. The van der Waals surface area contributed by atoms with Crippen molar-refractivity contribution in [1.82, 2.24) is 39.0 Å². The predicted octanol–water partition coefficient (Wildman–Crippen LogP) is 4.38. The van der Waals surface area contributed by atoms with E-state index in [9.17, 15) is 9.13 Å². The molecule has 3 aliphatic rings. The van der Waals surface area contributed by atoms with Crippen molar-refractivity contribution in [2.75, 3.05) is 24.7 Å². The van der Waals surface area contributed by atoms with E-state index in [0.29, 0.717) is 0 Å². The summed E-state index contributed by atoms with van der Waals surface area (Å²) in [5.41, 5.74) is 10.8. The van der Waals surface area contributed by atoms with Gasteiger partial charge in [0.15, 0.2) is 49.9 Å². The zero-order chi connectivity index (χ0) is 36.9. The Morgan fingerprint density at radius 3 is 2.24 bits per heavy atom. The fourth-order valence-electron chi connectivity index (χ4n) is 5.93. The molecule has 0 aromatic carbocycles. The van der Waals surface area contributed by atoms with Gasteiger partial charge in [-0.1, -0.05) is 45.3 Å². The summed E-state index contributed by atoms with van der Waals surface area (Å²) in [6.07, 6.45) is -2.35. The molecule has 0 amide bonds. The maximum absolute atomic E-state index is 17.5. The minimum absolute atomic E-state index is 0.00147. The maximum Gasteiger partial charge on any atom is 0.389 e. The standard InChI is InChI=1S/C26H37FN10O9P2S2Si/c1-24(2,3)51(5,6)46-16-15-21(36-11-34-13-17(28)30-9-32-19(13)36)42-22(16)44-48(39,50)45-23-25(4,7-41-47(38,49)43-15)40-8-26(23,27)37-12-35-14-18(29)31-10-33-20(14)37/h9-12,15-16,21-23H,7-8H2,1-6H3,(H,38,49)(H,39,50)(H2,28,30,32)(H2,29,31,33)/t15-,16?,21-,22-,23-,25-,26+,47?,48?/m1/s1. The van der Waals surface area contributed by atoms with E-state index in [1.54, 1.807) is 0 Å². The van der Waals surface area contributed by atoms with Crippen LogP contribution < -0.4 is 11.5 Å². The molecule has 51 heavy (non-hydrogen) atoms. The highest BCUT2D eigenvalue weighted by Gasteiger charge is 2.64. The number of ether oxygens (including phenoxy) is 2. The molecule has 25 heteroatoms. The first-order chi connectivity index (χ1) is 23.6. The molecule has 0 radical (unpaired) electrons. The molecule has 278 valence electrons. The summed E-state index contributed by atoms with van der Waals surface area (Å²) < 4.78 is 91.6. The molecule has 0 saturated carbocycles. The second kappa shape index (κ2) is 12.4. The van der Waals surface area contributed by atoms with Crippen LogP contribution in [0.3, 0.4) is 0 Å². The van der Waals surface area contributed by atoms with Crippen LogP contribution in [0.4, 0.5) is 16.0 Å². The van der Waals surface area contributed by atoms with E-state index in [1.165, 1.54) is 24.1 Å². The van der Waals surface area contributed by atoms with E-state index in [0.717, 1.165) is 17.2 Å². The van der Waals surface area contributed by atoms with Gasteiger partial charge in [-0.05, 0) is 25.1 Å². The van der Waals surface area contributed by atoms with E-state index in [-0.39, 0.29) is 39.0 Å². The van der Waals surface area contributed by atoms with Crippen LogP contribution in [0.2, 0.25) is 18.1 Å². The molecule has 7 rings (SSSR count). The third kappa shape index (κ3) is 6.41. The number of alkyl halides is 1. The smallest absolute Gasteiger partial charge is 0.389 e. The summed E-state index contributed by atoms with van der Waals surface area (Å²) in [5, 5.41) is -0.366. The Hall–Kier alpha value is -2.27. The molecule has 3 fully saturated rings. The Balaban J connectivity index is 1.34. The van der Waals surface area contributed by atoms with Gasteiger partial charge in [0.25, 0.3) is 0 Å². The van der Waals surface area contributed by atoms with Crippen molar-refractivity contribution in [3.05, 3.63) is 25.3 Å². The third-order valence-corrected chi connectivity index (χ3v) is 17.2. The minimum atomic E-state index is -4.66. The van der Waals surface area contributed by atoms with Crippen LogP contribution in [0.1, 0.15) is 33.9 Å². The number of thiol groups is 2. The van der Waals surface area contributed by atoms with E-state index in [1.807, 2.05) is 33.9 Å². The highest BCUT2D eigenvalue weighted by molar-refractivity contribution is 8.44. The average Bonchev–Trinajstić information content (AvgIpc) is 3.78. The Kier molecular flexibility index (Phi) is 9.00. The Bertz CT molecular complexity index is 2110. The van der Waals surface area contributed by atoms with E-state index < -0.39 is 77.3 Å². The van der Waals surface area contributed by atoms with Gasteiger partial charge in [-0.15, -0.1) is 0 Å². The molecule has 7 heterocycles. The fraction of sp³-hybridized carbons (Fsp3) is 0.615. The lowest BCUT2D eigenvalue weighted by atomic mass is 9.95. The lowest BCUT2D eigenvalue weighted by Crippen LogP contribution is -2.52. The molecular weight excluding hydrogens is 770 g/mol. The van der Waals surface area contributed by atoms with Crippen molar-refractivity contribution in [3.8, 4) is 0 Å². The van der Waals surface area contributed by atoms with Gasteiger partial charge < -0.3 is 25.4 Å². The average molecular weight is 807 g/mol. The lowest BCUT2D eigenvalue weighted by molar-refractivity contribution is -0.134. The van der Waals surface area contributed by atoms with Crippen LogP contribution in [0.15, 0.2) is 25.3 Å². The fourth-order valence-corrected chi connectivity index (χ4v) is 10.4. The second-order valence-electron chi connectivity index (χ2n) is 14.2. The quantitative estimate of drug-likeness (QED) is 0.127. The Morgan fingerprint density at radius 1 is 0.941 bits per heavy atom. The normalized spacial score (nSPS) is 36.6. The van der Waals surface area contributed by atoms with Crippen LogP contribution in [-0.4, -0.2) is 90.8 Å². The van der Waals surface area contributed by atoms with Crippen LogP contribution in [-0.2, 0) is 46.9 Å². The number of hydrogen-bond donors (Lipinski definition) is 4. The number of rotatable bonds is 4. The van der Waals surface area contributed by atoms with Crippen molar-refractivity contribution in [2.45, 2.75) is 88.1 Å². The van der Waals surface area contributed by atoms with Crippen LogP contribution >= 0.6 is 38.1 Å². The topological polar surface area (TPSA) is 238 Å². The Morgan fingerprint density at radius 2 is 1.57 bits per heavy atom. The monoisotopic (exact) mass is 806 g/mol. The first-order valence-electron chi connectivity index (χ1n) is 15.5. The van der Waals surface area contributed by atoms with Crippen LogP contribution in [0, 0.1) is 0 Å². The summed E-state index contributed by atoms with van der Waals surface area (Å²) in [4.78, 5) is 24.8. The summed E-state index contributed by atoms with van der Waals surface area (Å²) in [5.74, 6) is -2.58. The molecule has 3 aliphatic heterocycles. The van der Waals surface area contributed by atoms with Crippen molar-refractivity contribution >= 4 is 80.4 Å². The predicted molar refractivity (Wildman–Crippen MR) is 189 cm³/mol. The molecule has 9 atom stereocenters. The second-order valence-corrected chi connectivity index (χ2v) is 24.6. The SMILES string of the molecule is CC(C)(C)[Si](C)(C)OC1[C@@H]2O[C@@H](n3cnc4c(N)ncnc43)[C@@H]1OP(=O)(S)OC[C@@]1(C)OC[C@](F)(n3cnc4c(N)ncnc43)[C@@H]1OP(=O)(S)O2. The first-order valence-corrected chi connectivity index (χ1v) is 23.8. The Labute approximate surface area is 302 Å². The van der Waals surface area contributed by atoms with Crippen molar-refractivity contribution < 1.29 is 45.5 Å². The molecule has 0 spiro atoms. The van der Waals surface area contributed by atoms with E-state index >= 15 is 4.39 Å². The van der Waals surface area contributed by atoms with Gasteiger partial charge in [-0.25, -0.2) is 43.4 Å². The number of nitrogens with two attached hydrogens (primary N) is 2. The molecular formula is C26H37FN10O9P2S2Si. The van der Waals surface area contributed by atoms with E-state index in [2.05, 4.69) is 54.4 Å². The number of anilines is 2. The summed E-state index contributed by atoms with van der Waals surface area (Å²) in [6, 6.07) is 0. The molecule has 4 aromatic heterocycles. The zero-order valence-electron chi connectivity index (χ0n) is 28.2. The van der Waals surface area contributed by atoms with Crippen LogP contribution in [0.5, 0.6) is 0 Å².